The van der Waals surface area contributed by atoms with Crippen LogP contribution in [0.5, 0.6) is 35.3 Å². The summed E-state index contributed by atoms with van der Waals surface area (Å²) in [6, 6.07) is 56.9. The fourth-order valence-corrected chi connectivity index (χ4v) is 13.3. The number of para-hydroxylation sites is 6. The first-order valence-electron chi connectivity index (χ1n) is 35.4. The van der Waals surface area contributed by atoms with E-state index in [0.29, 0.717) is 62.5 Å². The molecule has 17 rings (SSSR count). The summed E-state index contributed by atoms with van der Waals surface area (Å²) in [5.41, 5.74) is 15.7. The van der Waals surface area contributed by atoms with Gasteiger partial charge in [0.15, 0.2) is 11.6 Å². The lowest BCUT2D eigenvalue weighted by molar-refractivity contribution is -0.144. The lowest BCUT2D eigenvalue weighted by Gasteiger charge is -2.28. The van der Waals surface area contributed by atoms with Crippen LogP contribution in [0.1, 0.15) is 58.7 Å². The van der Waals surface area contributed by atoms with Crippen LogP contribution in [0.4, 0.5) is 19.0 Å². The summed E-state index contributed by atoms with van der Waals surface area (Å²) in [5.74, 6) is 3.56. The minimum atomic E-state index is -4.64. The number of ether oxygens (including phenoxy) is 6. The molecule has 1 saturated heterocycles. The summed E-state index contributed by atoms with van der Waals surface area (Å²) in [7, 11) is 9.38. The Balaban J connectivity index is 0.000000125. The van der Waals surface area contributed by atoms with Crippen LogP contribution < -0.4 is 33.3 Å². The van der Waals surface area contributed by atoms with E-state index in [-0.39, 0.29) is 16.4 Å². The molecule has 1 fully saturated rings. The minimum Gasteiger partial charge on any atom is -0.481 e. The molecule has 112 heavy (non-hydrogen) atoms. The Morgan fingerprint density at radius 2 is 0.902 bits per heavy atom. The summed E-state index contributed by atoms with van der Waals surface area (Å²) in [5, 5.41) is 10.6. The Labute approximate surface area is 658 Å². The van der Waals surface area contributed by atoms with Crippen molar-refractivity contribution in [1.29, 1.82) is 0 Å². The second kappa shape index (κ2) is 36.0. The lowest BCUT2D eigenvalue weighted by atomic mass is 10.0. The molecule has 21 nitrogen and oxygen atoms in total. The van der Waals surface area contributed by atoms with Crippen molar-refractivity contribution in [3.63, 3.8) is 0 Å². The van der Waals surface area contributed by atoms with Crippen molar-refractivity contribution in [3.8, 4) is 74.3 Å². The number of nitrogens with zero attached hydrogens (tertiary/aromatic N) is 15. The summed E-state index contributed by atoms with van der Waals surface area (Å²) < 4.78 is 71.4. The monoisotopic (exact) mass is 1560 g/mol. The Morgan fingerprint density at radius 3 is 1.43 bits per heavy atom. The Hall–Kier alpha value is -12.3. The zero-order chi connectivity index (χ0) is 79.2. The Morgan fingerprint density at radius 1 is 0.411 bits per heavy atom. The van der Waals surface area contributed by atoms with Gasteiger partial charge in [-0.25, -0.2) is 49.5 Å². The lowest BCUT2D eigenvalue weighted by Crippen LogP contribution is -2.30. The largest absolute Gasteiger partial charge is 0.481 e. The van der Waals surface area contributed by atoms with Gasteiger partial charge < -0.3 is 33.3 Å². The van der Waals surface area contributed by atoms with Gasteiger partial charge in [0.2, 0.25) is 35.2 Å². The third-order valence-corrected chi connectivity index (χ3v) is 19.8. The number of fused-ring (bicyclic) bond motifs is 6. The van der Waals surface area contributed by atoms with E-state index >= 15 is 0 Å². The van der Waals surface area contributed by atoms with Gasteiger partial charge >= 0.3 is 6.18 Å². The summed E-state index contributed by atoms with van der Waals surface area (Å²) >= 11 is 14.0. The number of methoxy groups -OCH3 is 6. The average molecular weight is 1570 g/mol. The predicted octanol–water partition coefficient (Wildman–Crippen LogP) is 20.2. The smallest absolute Gasteiger partial charge is 0.451 e. The first kappa shape index (κ1) is 79.2. The third-order valence-electron chi connectivity index (χ3n) is 18.0. The highest BCUT2D eigenvalue weighted by Gasteiger charge is 2.36. The van der Waals surface area contributed by atoms with E-state index in [1.54, 1.807) is 83.0 Å². The van der Waals surface area contributed by atoms with E-state index in [4.69, 9.17) is 56.6 Å². The number of pyridine rings is 2. The van der Waals surface area contributed by atoms with Crippen LogP contribution in [-0.4, -0.2) is 125 Å². The second-order valence-electron chi connectivity index (χ2n) is 25.6. The molecule has 0 N–H and O–H groups in total. The highest BCUT2D eigenvalue weighted by molar-refractivity contribution is 7.13. The van der Waals surface area contributed by atoms with Crippen molar-refractivity contribution in [2.45, 2.75) is 67.0 Å². The van der Waals surface area contributed by atoms with Gasteiger partial charge in [0.05, 0.1) is 124 Å². The highest BCUT2D eigenvalue weighted by atomic mass is 35.5. The molecule has 0 spiro atoms. The molecule has 0 unspecified atom stereocenters. The second-order valence-corrected chi connectivity index (χ2v) is 27.3. The maximum atomic E-state index is 12.6. The number of benzene rings is 7. The molecule has 0 atom stereocenters. The number of halogens is 5. The molecule has 0 radical (unpaired) electrons. The third kappa shape index (κ3) is 18.2. The zero-order valence-corrected chi connectivity index (χ0v) is 65.8. The molecule has 0 saturated carbocycles. The van der Waals surface area contributed by atoms with Gasteiger partial charge in [-0.15, -0.1) is 11.3 Å². The molecule has 0 aliphatic carbocycles. The summed E-state index contributed by atoms with van der Waals surface area (Å²) in [6.07, 6.45) is 2.50. The predicted molar refractivity (Wildman–Crippen MR) is 437 cm³/mol. The van der Waals surface area contributed by atoms with Gasteiger partial charge in [0.1, 0.15) is 5.69 Å². The molecular weight excluding hydrogens is 1490 g/mol. The topological polar surface area (TPSA) is 231 Å². The average Bonchev–Trinajstić information content (AvgIpc) is 0.947. The highest BCUT2D eigenvalue weighted by Crippen LogP contribution is 2.38. The van der Waals surface area contributed by atoms with E-state index in [1.807, 2.05) is 160 Å². The maximum absolute atomic E-state index is 12.6. The molecule has 0 amide bonds. The molecule has 570 valence electrons. The van der Waals surface area contributed by atoms with Crippen LogP contribution >= 0.6 is 34.5 Å². The molecule has 16 aromatic rings. The van der Waals surface area contributed by atoms with Crippen molar-refractivity contribution in [3.05, 3.63) is 243 Å². The number of hydrogen-bond donors (Lipinski definition) is 0. The van der Waals surface area contributed by atoms with E-state index in [9.17, 15) is 13.2 Å². The fraction of sp³-hybridized carbons (Fsp3) is 0.212. The summed E-state index contributed by atoms with van der Waals surface area (Å²) in [6.45, 7) is 13.9. The Kier molecular flexibility index (Phi) is 25.5. The van der Waals surface area contributed by atoms with E-state index in [1.165, 1.54) is 42.9 Å². The molecule has 9 aromatic heterocycles. The SMILES string of the molecule is COc1nc(-c2ccccc2)cc2cc(C)c(C)cc12.COc1nc(-c2ccncc2)nc2c(Cl)c(C)ccc12.COc1nc(C(F)(F)F)nc2c(Cl)c(C)ccc12.COc1nc2ccccc2nc1-c1cccs1.COc1nc2ccccc2nc1-n1nc(C)cc1C.COc1nc2ccccc2nc1N1CCCCC1. The number of hydrogen-bond acceptors (Lipinski definition) is 21. The molecule has 7 aromatic carbocycles. The van der Waals surface area contributed by atoms with Gasteiger partial charge in [0, 0.05) is 47.7 Å². The number of piperidine rings is 1. The standard InChI is InChI=1S/C18H17NO.C15H12ClN3O.C14H14N4O.C14H17N3O.C13H10N2OS.C11H8ClF3N2O/c1-12-9-15-11-17(14-7-5-4-6-8-14)19-18(20-3)16(15)10-13(12)2;1-9-3-4-11-13(12(9)16)18-14(19-15(11)20-2)10-5-7-17-8-6-10;1-9-8-10(2)18(17-9)13-14(19-3)16-12-7-5-4-6-11(12)15-13;1-18-14-13(17-9-5-2-6-10-17)15-11-7-3-4-8-12(11)16-14;1-16-13-12(11-7-4-8-17-11)14-9-5-2-3-6-10(9)15-13;1-5-3-4-6-8(7(5)12)16-10(11(13,14)15)17-9(6)18-2/h4-11H,1-3H3;3-8H,1-2H3;4-8H,1-3H3;3-4,7-8H,2,5-6,9-10H2,1H3;2-8H,1H3;3-4H,1-2H3. The van der Waals surface area contributed by atoms with Crippen molar-refractivity contribution in [1.82, 2.24) is 69.6 Å². The number of rotatable bonds is 11. The molecular formula is C85H78Cl2F3N15O6S. The van der Waals surface area contributed by atoms with Crippen LogP contribution in [0.3, 0.4) is 0 Å². The normalized spacial score (nSPS) is 11.8. The van der Waals surface area contributed by atoms with Gasteiger partial charge in [-0.3, -0.25) is 4.98 Å². The van der Waals surface area contributed by atoms with Crippen LogP contribution in [0, 0.1) is 41.5 Å². The first-order valence-corrected chi connectivity index (χ1v) is 37.1. The van der Waals surface area contributed by atoms with E-state index in [0.717, 1.165) is 107 Å². The van der Waals surface area contributed by atoms with Crippen molar-refractivity contribution < 1.29 is 41.6 Å². The van der Waals surface area contributed by atoms with Gasteiger partial charge in [-0.1, -0.05) is 114 Å². The molecule has 0 bridgehead atoms. The molecule has 27 heteroatoms. The minimum absolute atomic E-state index is 0.0378. The maximum Gasteiger partial charge on any atom is 0.451 e. The van der Waals surface area contributed by atoms with Crippen LogP contribution in [0.15, 0.2) is 194 Å². The molecule has 10 heterocycles. The van der Waals surface area contributed by atoms with Gasteiger partial charge in [-0.2, -0.15) is 28.2 Å². The number of aryl methyl sites for hydroxylation is 6. The van der Waals surface area contributed by atoms with Crippen LogP contribution in [0.2, 0.25) is 10.0 Å². The number of thiophene rings is 1. The number of anilines is 1. The van der Waals surface area contributed by atoms with E-state index in [2.05, 4.69) is 109 Å². The van der Waals surface area contributed by atoms with Gasteiger partial charge in [0.25, 0.3) is 11.8 Å². The van der Waals surface area contributed by atoms with Crippen molar-refractivity contribution in [2.75, 3.05) is 60.6 Å². The van der Waals surface area contributed by atoms with E-state index < -0.39 is 12.0 Å². The van der Waals surface area contributed by atoms with Crippen molar-refractivity contribution in [2.24, 2.45) is 0 Å². The Bertz CT molecular complexity index is 5970. The molecule has 1 aliphatic rings. The molecule has 1 aliphatic heterocycles. The van der Waals surface area contributed by atoms with Gasteiger partial charge in [-0.05, 0) is 179 Å². The summed E-state index contributed by atoms with van der Waals surface area (Å²) in [4.78, 5) is 55.2. The van der Waals surface area contributed by atoms with Crippen LogP contribution in [-0.2, 0) is 6.18 Å². The first-order chi connectivity index (χ1) is 54.2. The zero-order valence-electron chi connectivity index (χ0n) is 63.5. The quantitative estimate of drug-likeness (QED) is 0.117. The van der Waals surface area contributed by atoms with Crippen molar-refractivity contribution >= 4 is 106 Å². The fourth-order valence-electron chi connectivity index (χ4n) is 12.2. The van der Waals surface area contributed by atoms with Crippen LogP contribution in [0.25, 0.3) is 105 Å². The number of aromatic nitrogens is 14. The number of alkyl halides is 3.